The smallest absolute Gasteiger partial charge is 0.860 e. The van der Waals surface area contributed by atoms with Gasteiger partial charge < -0.3 is 30.4 Å². The Morgan fingerprint density at radius 3 is 2.56 bits per heavy atom. The molecule has 2 aliphatic rings. The van der Waals surface area contributed by atoms with Gasteiger partial charge >= 0.3 is 65.1 Å². The van der Waals surface area contributed by atoms with E-state index in [1.54, 1.807) is 6.07 Å². The standard InChI is InChI=1S/C13H16N4O7S.2Na/c14-3-4-23-7-1-2-8-9(5-7)10-6-16(11(8)12(15)18)13(19)17(10)24-25(20,21)22;;/h1-2,5,10-11H,3-4,6,14H2,(H2,15,18)(H,20,21,22);;/q;2*+1/p-2/t10-,11+;;/m0../s1. The summed E-state index contributed by atoms with van der Waals surface area (Å²) in [5.41, 5.74) is 6.08. The number of ether oxygens (including phenoxy) is 1. The average molecular weight is 416 g/mol. The molecule has 27 heavy (non-hydrogen) atoms. The Morgan fingerprint density at radius 1 is 1.33 bits per heavy atom. The Balaban J connectivity index is 0.00000182. The van der Waals surface area contributed by atoms with E-state index in [2.05, 4.69) is 4.28 Å². The molecule has 1 fully saturated rings. The van der Waals surface area contributed by atoms with Gasteiger partial charge in [-0.05, 0) is 29.2 Å². The molecule has 14 heteroatoms. The van der Waals surface area contributed by atoms with Crippen LogP contribution in [0.2, 0.25) is 0 Å². The predicted molar refractivity (Wildman–Crippen MR) is 78.9 cm³/mol. The number of hydrogen-bond acceptors (Lipinski definition) is 9. The van der Waals surface area contributed by atoms with E-state index in [0.29, 0.717) is 21.9 Å². The van der Waals surface area contributed by atoms with Crippen LogP contribution >= 0.6 is 0 Å². The minimum atomic E-state index is -5.19. The van der Waals surface area contributed by atoms with Gasteiger partial charge in [0.15, 0.2) is 0 Å². The Hall–Kier alpha value is -0.410. The second kappa shape index (κ2) is 9.39. The summed E-state index contributed by atoms with van der Waals surface area (Å²) in [7, 11) is -5.19. The number of nitrogens with two attached hydrogens (primary N) is 1. The van der Waals surface area contributed by atoms with Gasteiger partial charge in [0.2, 0.25) is 10.4 Å². The number of carbonyl (C=O) groups is 1. The zero-order chi connectivity index (χ0) is 18.4. The first-order valence-electron chi connectivity index (χ1n) is 7.20. The van der Waals surface area contributed by atoms with Gasteiger partial charge in [0.1, 0.15) is 18.4 Å². The Labute approximate surface area is 199 Å². The summed E-state index contributed by atoms with van der Waals surface area (Å²) in [6.07, 6.45) is 0. The molecule has 2 atom stereocenters. The molecule has 0 saturated carbocycles. The molecule has 0 spiro atoms. The first kappa shape index (κ1) is 24.6. The van der Waals surface area contributed by atoms with Crippen LogP contribution in [0.15, 0.2) is 18.2 Å². The van der Waals surface area contributed by atoms with Crippen molar-refractivity contribution < 1.29 is 91.0 Å². The van der Waals surface area contributed by atoms with E-state index in [1.807, 2.05) is 0 Å². The van der Waals surface area contributed by atoms with Gasteiger partial charge in [-0.3, -0.25) is 0 Å². The molecule has 0 aliphatic carbocycles. The first-order valence-corrected chi connectivity index (χ1v) is 8.53. The number of nitrogens with one attached hydrogen (secondary N) is 1. The van der Waals surface area contributed by atoms with Crippen molar-refractivity contribution in [3.8, 4) is 5.75 Å². The molecule has 2 aliphatic heterocycles. The van der Waals surface area contributed by atoms with Crippen LogP contribution in [-0.2, 0) is 14.7 Å². The molecule has 136 valence electrons. The van der Waals surface area contributed by atoms with Crippen LogP contribution in [-0.4, -0.2) is 54.6 Å². The number of hydrogen-bond donors (Lipinski definition) is 2. The topological polar surface area (TPSA) is 172 Å². The van der Waals surface area contributed by atoms with Crippen molar-refractivity contribution in [2.24, 2.45) is 5.73 Å². The van der Waals surface area contributed by atoms with E-state index >= 15 is 0 Å². The summed E-state index contributed by atoms with van der Waals surface area (Å²) in [6, 6.07) is 1.45. The largest absolute Gasteiger partial charge is 1.00 e. The van der Waals surface area contributed by atoms with Crippen molar-refractivity contribution in [2.75, 3.05) is 19.7 Å². The van der Waals surface area contributed by atoms with Crippen molar-refractivity contribution >= 4 is 22.3 Å². The molecule has 11 nitrogen and oxygen atoms in total. The number of hydroxylamine groups is 2. The third-order valence-corrected chi connectivity index (χ3v) is 4.26. The molecule has 2 bridgehead atoms. The maximum absolute atomic E-state index is 12.3. The van der Waals surface area contributed by atoms with Crippen LogP contribution in [0.3, 0.4) is 0 Å². The maximum atomic E-state index is 12.3. The first-order chi connectivity index (χ1) is 11.7. The number of benzene rings is 1. The van der Waals surface area contributed by atoms with Crippen LogP contribution in [0, 0.1) is 5.41 Å². The van der Waals surface area contributed by atoms with Gasteiger partial charge in [0.25, 0.3) is 0 Å². The minimum absolute atomic E-state index is 0. The molecular formula is C13H14N4Na2O7S. The molecule has 3 rings (SSSR count). The van der Waals surface area contributed by atoms with Crippen molar-refractivity contribution in [1.29, 1.82) is 5.41 Å². The zero-order valence-corrected chi connectivity index (χ0v) is 19.6. The third kappa shape index (κ3) is 4.96. The molecular weight excluding hydrogens is 402 g/mol. The fraction of sp³-hybridized carbons (Fsp3) is 0.385. The van der Waals surface area contributed by atoms with Gasteiger partial charge in [-0.25, -0.2) is 13.2 Å². The van der Waals surface area contributed by atoms with E-state index in [4.69, 9.17) is 15.9 Å². The van der Waals surface area contributed by atoms with E-state index < -0.39 is 34.4 Å². The van der Waals surface area contributed by atoms with Crippen LogP contribution in [0.25, 0.3) is 0 Å². The van der Waals surface area contributed by atoms with Crippen molar-refractivity contribution in [3.05, 3.63) is 29.3 Å². The Kier molecular flexibility index (Phi) is 8.57. The van der Waals surface area contributed by atoms with Crippen LogP contribution < -0.4 is 74.7 Å². The zero-order valence-electron chi connectivity index (χ0n) is 14.7. The summed E-state index contributed by atoms with van der Waals surface area (Å²) in [5, 5.41) is 19.6. The second-order valence-electron chi connectivity index (χ2n) is 5.45. The summed E-state index contributed by atoms with van der Waals surface area (Å²) in [4.78, 5) is 13.3. The van der Waals surface area contributed by atoms with E-state index in [1.165, 1.54) is 12.1 Å². The number of fused-ring (bicyclic) bond motifs is 4. The number of rotatable bonds is 6. The van der Waals surface area contributed by atoms with Crippen molar-refractivity contribution in [3.63, 3.8) is 0 Å². The summed E-state index contributed by atoms with van der Waals surface area (Å²) in [5.74, 6) is -0.659. The summed E-state index contributed by atoms with van der Waals surface area (Å²) >= 11 is 0. The van der Waals surface area contributed by atoms with Crippen LogP contribution in [0.1, 0.15) is 23.2 Å². The van der Waals surface area contributed by atoms with Gasteiger partial charge in [-0.15, -0.1) is 0 Å². The fourth-order valence-electron chi connectivity index (χ4n) is 3.03. The van der Waals surface area contributed by atoms with Gasteiger partial charge in [0, 0.05) is 6.54 Å². The molecule has 0 radical (unpaired) electrons. The normalized spacial score (nSPS) is 20.4. The number of amides is 2. The minimum Gasteiger partial charge on any atom is -0.860 e. The molecule has 1 aromatic carbocycles. The molecule has 1 aromatic rings. The Morgan fingerprint density at radius 2 is 2.00 bits per heavy atom. The number of nitrogens with zero attached hydrogens (tertiary/aromatic N) is 2. The number of urea groups is 1. The predicted octanol–water partition coefficient (Wildman–Crippen LogP) is -7.41. The number of carbonyl (C=O) groups excluding carboxylic acids is 1. The monoisotopic (exact) mass is 416 g/mol. The van der Waals surface area contributed by atoms with Gasteiger partial charge in [-0.1, -0.05) is 6.07 Å². The van der Waals surface area contributed by atoms with E-state index in [0.717, 1.165) is 4.90 Å². The fourth-order valence-corrected chi connectivity index (χ4v) is 3.39. The molecule has 2 amide bonds. The van der Waals surface area contributed by atoms with Crippen LogP contribution in [0.5, 0.6) is 5.75 Å². The maximum Gasteiger partial charge on any atom is 1.00 e. The molecule has 0 unspecified atom stereocenters. The van der Waals surface area contributed by atoms with E-state index in [-0.39, 0.29) is 78.8 Å². The van der Waals surface area contributed by atoms with Gasteiger partial charge in [-0.2, -0.15) is 9.35 Å². The third-order valence-electron chi connectivity index (χ3n) is 3.92. The Bertz CT molecular complexity index is 838. The van der Waals surface area contributed by atoms with Crippen molar-refractivity contribution in [2.45, 2.75) is 12.1 Å². The molecule has 2 heterocycles. The summed E-state index contributed by atoms with van der Waals surface area (Å²) < 4.78 is 42.4. The quantitative estimate of drug-likeness (QED) is 0.151. The second-order valence-corrected chi connectivity index (χ2v) is 6.42. The SMILES string of the molecule is N=C([O-])[C@H]1c2ccc(OCCN)cc2[C@@H]2CN1C(=O)N2OS(=O)(=O)[O-].[Na+].[Na+]. The van der Waals surface area contributed by atoms with Crippen LogP contribution in [0.4, 0.5) is 4.79 Å². The van der Waals surface area contributed by atoms with Gasteiger partial charge in [0.05, 0.1) is 12.6 Å². The summed E-state index contributed by atoms with van der Waals surface area (Å²) in [6.45, 7) is 0.395. The molecule has 1 saturated heterocycles. The molecule has 3 N–H and O–H groups in total. The van der Waals surface area contributed by atoms with E-state index in [9.17, 15) is 22.9 Å². The molecule has 0 aromatic heterocycles. The average Bonchev–Trinajstić information content (AvgIpc) is 2.78. The van der Waals surface area contributed by atoms with Crippen molar-refractivity contribution in [1.82, 2.24) is 9.96 Å².